The Labute approximate surface area is 298 Å². The van der Waals surface area contributed by atoms with Crippen LogP contribution in [-0.4, -0.2) is 90.3 Å². The molecular weight excluding hydrogens is 678 g/mol. The maximum absolute atomic E-state index is 14.1. The largest absolute Gasteiger partial charge is 0.451 e. The topological polar surface area (TPSA) is 123 Å². The van der Waals surface area contributed by atoms with E-state index in [9.17, 15) is 23.4 Å². The summed E-state index contributed by atoms with van der Waals surface area (Å²) < 4.78 is 19.3. The number of piperidine rings is 1. The van der Waals surface area contributed by atoms with Crippen molar-refractivity contribution in [1.82, 2.24) is 15.1 Å². The zero-order valence-corrected chi connectivity index (χ0v) is 29.7. The highest BCUT2D eigenvalue weighted by atomic mass is 35.5. The average molecular weight is 718 g/mol. The number of amides is 3. The van der Waals surface area contributed by atoms with Crippen LogP contribution in [0.25, 0.3) is 11.0 Å². The number of anilines is 2. The van der Waals surface area contributed by atoms with Crippen LogP contribution in [0.15, 0.2) is 82.0 Å². The number of carbonyl (C=O) groups excluding carboxylic acids is 3. The van der Waals surface area contributed by atoms with Gasteiger partial charge in [-0.3, -0.25) is 23.5 Å². The van der Waals surface area contributed by atoms with Gasteiger partial charge in [0.25, 0.3) is 11.8 Å². The molecule has 2 aliphatic heterocycles. The fourth-order valence-electron chi connectivity index (χ4n) is 6.47. The Balaban J connectivity index is 1.19. The minimum atomic E-state index is -1.30. The molecule has 0 spiro atoms. The van der Waals surface area contributed by atoms with Crippen molar-refractivity contribution >= 4 is 62.7 Å². The van der Waals surface area contributed by atoms with Crippen LogP contribution in [0.1, 0.15) is 45.7 Å². The van der Waals surface area contributed by atoms with E-state index in [1.165, 1.54) is 10.6 Å². The number of nitrogens with one attached hydrogen (secondary N) is 1. The van der Waals surface area contributed by atoms with Crippen molar-refractivity contribution in [3.63, 3.8) is 0 Å². The molecule has 3 heterocycles. The van der Waals surface area contributed by atoms with Crippen LogP contribution in [0.5, 0.6) is 0 Å². The highest BCUT2D eigenvalue weighted by Gasteiger charge is 2.31. The number of carbonyl (C=O) groups is 3. The van der Waals surface area contributed by atoms with Gasteiger partial charge in [-0.05, 0) is 67.3 Å². The zero-order chi connectivity index (χ0) is 35.4. The monoisotopic (exact) mass is 717 g/mol. The number of likely N-dealkylation sites (tertiary alicyclic amines) is 1. The molecule has 6 rings (SSSR count). The zero-order valence-electron chi connectivity index (χ0n) is 28.1. The fraction of sp³-hybridized carbons (Fsp3) is 0.351. The summed E-state index contributed by atoms with van der Waals surface area (Å²) in [6.07, 6.45) is 4.88. The van der Waals surface area contributed by atoms with Crippen molar-refractivity contribution in [2.75, 3.05) is 61.8 Å². The number of hydrogen-bond donors (Lipinski definition) is 1. The molecule has 3 amide bonds. The molecule has 2 aliphatic rings. The highest BCUT2D eigenvalue weighted by Crippen LogP contribution is 2.26. The third-order valence-corrected chi connectivity index (χ3v) is 10.6. The van der Waals surface area contributed by atoms with Crippen LogP contribution in [0.4, 0.5) is 11.4 Å². The van der Waals surface area contributed by atoms with Crippen molar-refractivity contribution in [2.24, 2.45) is 0 Å². The lowest BCUT2D eigenvalue weighted by atomic mass is 10.0. The van der Waals surface area contributed by atoms with Gasteiger partial charge < -0.3 is 24.4 Å². The number of fused-ring (bicyclic) bond motifs is 1. The SMILES string of the molecule is CN(c1ccc2oc(C(=O)N[C@H](Cc3ccc(Cl)cc3)C(=O)N3CCN(c4ccccc4C(=O)N4CCCCC4)CC3)cc(=O)c2c1)S(C)=O. The number of para-hydroxylation sites is 1. The Kier molecular flexibility index (Phi) is 10.9. The van der Waals surface area contributed by atoms with Crippen LogP contribution in [0.2, 0.25) is 5.02 Å². The van der Waals surface area contributed by atoms with Crippen molar-refractivity contribution in [3.05, 3.63) is 105 Å². The number of hydrogen-bond acceptors (Lipinski definition) is 7. The summed E-state index contributed by atoms with van der Waals surface area (Å²) in [4.78, 5) is 60.0. The van der Waals surface area contributed by atoms with Gasteiger partial charge in [0.15, 0.2) is 11.2 Å². The lowest BCUT2D eigenvalue weighted by Gasteiger charge is -2.38. The van der Waals surface area contributed by atoms with Gasteiger partial charge in [-0.2, -0.15) is 0 Å². The predicted octanol–water partition coefficient (Wildman–Crippen LogP) is 4.49. The van der Waals surface area contributed by atoms with E-state index in [4.69, 9.17) is 16.0 Å². The quantitative estimate of drug-likeness (QED) is 0.271. The third kappa shape index (κ3) is 7.87. The van der Waals surface area contributed by atoms with Crippen molar-refractivity contribution < 1.29 is 23.0 Å². The molecule has 2 fully saturated rings. The summed E-state index contributed by atoms with van der Waals surface area (Å²) >= 11 is 6.11. The first-order chi connectivity index (χ1) is 24.1. The molecule has 1 unspecified atom stereocenters. The summed E-state index contributed by atoms with van der Waals surface area (Å²) in [6, 6.07) is 19.6. The second-order valence-corrected chi connectivity index (χ2v) is 14.4. The summed E-state index contributed by atoms with van der Waals surface area (Å²) in [5.74, 6) is -1.16. The van der Waals surface area contributed by atoms with Gasteiger partial charge in [0.2, 0.25) is 5.91 Å². The standard InChI is InChI=1S/C37H40ClN5O6S/c1-40(50(2)48)27-14-15-33-29(23-27)32(44)24-34(49-33)35(45)39-30(22-25-10-12-26(38)13-11-25)37(47)43-20-18-41(19-21-43)31-9-5-4-8-28(31)36(46)42-16-6-3-7-17-42/h4-5,8-15,23-24,30H,3,6-7,16-22H2,1-2H3,(H,39,45)/t30-,50?/m1/s1. The van der Waals surface area contributed by atoms with Gasteiger partial charge in [-0.25, -0.2) is 4.21 Å². The summed E-state index contributed by atoms with van der Waals surface area (Å²) in [6.45, 7) is 3.34. The van der Waals surface area contributed by atoms with Crippen LogP contribution < -0.4 is 20.0 Å². The van der Waals surface area contributed by atoms with Gasteiger partial charge >= 0.3 is 0 Å². The number of nitrogens with zero attached hydrogens (tertiary/aromatic N) is 4. The molecule has 4 aromatic rings. The summed E-state index contributed by atoms with van der Waals surface area (Å²) in [7, 11) is 0.352. The van der Waals surface area contributed by atoms with E-state index in [1.54, 1.807) is 54.4 Å². The maximum atomic E-state index is 14.1. The van der Waals surface area contributed by atoms with Crippen LogP contribution in [0.3, 0.4) is 0 Å². The predicted molar refractivity (Wildman–Crippen MR) is 196 cm³/mol. The molecule has 262 valence electrons. The molecule has 2 saturated heterocycles. The van der Waals surface area contributed by atoms with E-state index in [1.807, 2.05) is 29.2 Å². The maximum Gasteiger partial charge on any atom is 0.287 e. The first kappa shape index (κ1) is 35.2. The molecule has 0 radical (unpaired) electrons. The molecule has 13 heteroatoms. The number of benzene rings is 3. The molecule has 3 aromatic carbocycles. The molecule has 0 bridgehead atoms. The average Bonchev–Trinajstić information content (AvgIpc) is 3.14. The highest BCUT2D eigenvalue weighted by molar-refractivity contribution is 7.85. The molecule has 2 atom stereocenters. The van der Waals surface area contributed by atoms with E-state index >= 15 is 0 Å². The minimum Gasteiger partial charge on any atom is -0.451 e. The Morgan fingerprint density at radius 3 is 2.30 bits per heavy atom. The van der Waals surface area contributed by atoms with Crippen LogP contribution in [0, 0.1) is 0 Å². The molecule has 0 saturated carbocycles. The molecule has 1 N–H and O–H groups in total. The van der Waals surface area contributed by atoms with Crippen molar-refractivity contribution in [1.29, 1.82) is 0 Å². The summed E-state index contributed by atoms with van der Waals surface area (Å²) in [5, 5.41) is 3.61. The third-order valence-electron chi connectivity index (χ3n) is 9.35. The number of piperazine rings is 1. The lowest BCUT2D eigenvalue weighted by Crippen LogP contribution is -2.56. The molecular formula is C37H40ClN5O6S. The van der Waals surface area contributed by atoms with Crippen LogP contribution in [-0.2, 0) is 22.2 Å². The molecule has 1 aromatic heterocycles. The van der Waals surface area contributed by atoms with Crippen LogP contribution >= 0.6 is 11.6 Å². The Morgan fingerprint density at radius 2 is 1.60 bits per heavy atom. The molecule has 11 nitrogen and oxygen atoms in total. The number of halogens is 1. The minimum absolute atomic E-state index is 0.0371. The van der Waals surface area contributed by atoms with Crippen molar-refractivity contribution in [2.45, 2.75) is 31.7 Å². The van der Waals surface area contributed by atoms with E-state index in [-0.39, 0.29) is 35.0 Å². The van der Waals surface area contributed by atoms with Gasteiger partial charge in [-0.1, -0.05) is 35.9 Å². The first-order valence-corrected chi connectivity index (χ1v) is 18.6. The van der Waals surface area contributed by atoms with Gasteiger partial charge in [0.05, 0.1) is 10.9 Å². The molecule has 0 aliphatic carbocycles. The Hall–Kier alpha value is -4.68. The second kappa shape index (κ2) is 15.5. The van der Waals surface area contributed by atoms with Gasteiger partial charge in [0.1, 0.15) is 22.6 Å². The van der Waals surface area contributed by atoms with Gasteiger partial charge in [-0.15, -0.1) is 0 Å². The van der Waals surface area contributed by atoms with E-state index in [0.29, 0.717) is 42.5 Å². The normalized spacial score (nSPS) is 16.2. The van der Waals surface area contributed by atoms with E-state index in [2.05, 4.69) is 10.2 Å². The lowest BCUT2D eigenvalue weighted by molar-refractivity contribution is -0.133. The Bertz CT molecular complexity index is 1970. The van der Waals surface area contributed by atoms with E-state index in [0.717, 1.165) is 49.7 Å². The van der Waals surface area contributed by atoms with E-state index < -0.39 is 28.4 Å². The smallest absolute Gasteiger partial charge is 0.287 e. The summed E-state index contributed by atoms with van der Waals surface area (Å²) in [5.41, 5.74) is 2.63. The Morgan fingerprint density at radius 1 is 0.900 bits per heavy atom. The van der Waals surface area contributed by atoms with Crippen molar-refractivity contribution in [3.8, 4) is 0 Å². The molecule has 50 heavy (non-hydrogen) atoms. The second-order valence-electron chi connectivity index (χ2n) is 12.6. The van der Waals surface area contributed by atoms with Gasteiger partial charge in [0, 0.05) is 81.5 Å². The number of rotatable bonds is 9. The first-order valence-electron chi connectivity index (χ1n) is 16.7. The fourth-order valence-corrected chi connectivity index (χ4v) is 7.01.